The Morgan fingerprint density at radius 1 is 1.03 bits per heavy atom. The lowest BCUT2D eigenvalue weighted by Gasteiger charge is -2.24. The number of benzene rings is 2. The van der Waals surface area contributed by atoms with E-state index in [1.807, 2.05) is 36.5 Å². The van der Waals surface area contributed by atoms with Gasteiger partial charge in [-0.2, -0.15) is 0 Å². The summed E-state index contributed by atoms with van der Waals surface area (Å²) in [6.07, 6.45) is 8.11. The predicted molar refractivity (Wildman–Crippen MR) is 137 cm³/mol. The molecule has 0 bridgehead atoms. The zero-order valence-electron chi connectivity index (χ0n) is 19.0. The Hall–Kier alpha value is -3.32. The Morgan fingerprint density at radius 3 is 2.59 bits per heavy atom. The quantitative estimate of drug-likeness (QED) is 0.226. The molecular formula is C27H26BrN3O3. The van der Waals surface area contributed by atoms with Gasteiger partial charge in [0.2, 0.25) is 0 Å². The molecule has 0 saturated heterocycles. The highest BCUT2D eigenvalue weighted by molar-refractivity contribution is 9.10. The highest BCUT2D eigenvalue weighted by Gasteiger charge is 2.21. The van der Waals surface area contributed by atoms with Crippen LogP contribution in [0.4, 0.5) is 5.82 Å². The molecule has 0 unspecified atom stereocenters. The Morgan fingerprint density at radius 2 is 1.82 bits per heavy atom. The number of anilines is 1. The van der Waals surface area contributed by atoms with Gasteiger partial charge in [-0.15, -0.1) is 0 Å². The minimum Gasteiger partial charge on any atom is -0.493 e. The fourth-order valence-electron chi connectivity index (χ4n) is 4.43. The minimum absolute atomic E-state index is 0.369. The van der Waals surface area contributed by atoms with E-state index in [0.29, 0.717) is 23.1 Å². The van der Waals surface area contributed by atoms with Crippen LogP contribution < -0.4 is 14.8 Å². The van der Waals surface area contributed by atoms with Gasteiger partial charge in [0.25, 0.3) is 0 Å². The summed E-state index contributed by atoms with van der Waals surface area (Å²) in [7, 11) is 1.57. The number of fused-ring (bicyclic) bond motifs is 1. The van der Waals surface area contributed by atoms with E-state index in [4.69, 9.17) is 14.5 Å². The van der Waals surface area contributed by atoms with E-state index in [0.717, 1.165) is 40.0 Å². The number of hydrogen-bond acceptors (Lipinski definition) is 5. The monoisotopic (exact) mass is 519 g/mol. The van der Waals surface area contributed by atoms with Gasteiger partial charge in [0, 0.05) is 22.3 Å². The van der Waals surface area contributed by atoms with Crippen molar-refractivity contribution in [2.75, 3.05) is 12.4 Å². The Kier molecular flexibility index (Phi) is 6.54. The van der Waals surface area contributed by atoms with Crippen molar-refractivity contribution in [3.63, 3.8) is 0 Å². The molecule has 174 valence electrons. The van der Waals surface area contributed by atoms with E-state index >= 15 is 0 Å². The van der Waals surface area contributed by atoms with E-state index in [2.05, 4.69) is 25.6 Å². The molecule has 34 heavy (non-hydrogen) atoms. The van der Waals surface area contributed by atoms with E-state index in [-0.39, 0.29) is 0 Å². The van der Waals surface area contributed by atoms with Crippen LogP contribution in [0.1, 0.15) is 42.5 Å². The first-order chi connectivity index (χ1) is 16.6. The molecule has 2 heterocycles. The molecule has 5 rings (SSSR count). The molecule has 1 aliphatic carbocycles. The first-order valence-corrected chi connectivity index (χ1v) is 12.3. The van der Waals surface area contributed by atoms with E-state index in [1.165, 1.54) is 19.3 Å². The lowest BCUT2D eigenvalue weighted by molar-refractivity contribution is 0.0729. The Bertz CT molecular complexity index is 1310. The third-order valence-electron chi connectivity index (χ3n) is 6.18. The third kappa shape index (κ3) is 4.66. The van der Waals surface area contributed by atoms with Crippen LogP contribution in [0.15, 0.2) is 71.3 Å². The summed E-state index contributed by atoms with van der Waals surface area (Å²) in [5.74, 6) is 1.38. The molecule has 2 aromatic heterocycles. The van der Waals surface area contributed by atoms with Gasteiger partial charge in [-0.1, -0.05) is 37.5 Å². The van der Waals surface area contributed by atoms with Crippen molar-refractivity contribution in [3.8, 4) is 22.8 Å². The number of esters is 1. The second kappa shape index (κ2) is 9.89. The van der Waals surface area contributed by atoms with Crippen LogP contribution in [-0.4, -0.2) is 28.5 Å². The Balaban J connectivity index is 1.51. The van der Waals surface area contributed by atoms with Gasteiger partial charge in [-0.25, -0.2) is 9.78 Å². The molecule has 6 nitrogen and oxygen atoms in total. The lowest BCUT2D eigenvalue weighted by atomic mass is 9.95. The fourth-order valence-corrected chi connectivity index (χ4v) is 4.77. The maximum Gasteiger partial charge on any atom is 0.343 e. The maximum absolute atomic E-state index is 12.6. The number of carbonyl (C=O) groups excluding carboxylic acids is 1. The van der Waals surface area contributed by atoms with Gasteiger partial charge in [0.1, 0.15) is 17.2 Å². The van der Waals surface area contributed by atoms with Crippen LogP contribution in [0.3, 0.4) is 0 Å². The molecule has 0 aliphatic heterocycles. The molecule has 7 heteroatoms. The van der Waals surface area contributed by atoms with E-state index < -0.39 is 5.97 Å². The van der Waals surface area contributed by atoms with Crippen LogP contribution in [0, 0.1) is 0 Å². The van der Waals surface area contributed by atoms with Gasteiger partial charge in [-0.3, -0.25) is 4.40 Å². The van der Waals surface area contributed by atoms with Crippen molar-refractivity contribution < 1.29 is 14.3 Å². The van der Waals surface area contributed by atoms with Crippen LogP contribution in [0.25, 0.3) is 16.9 Å². The molecule has 0 atom stereocenters. The van der Waals surface area contributed by atoms with Crippen molar-refractivity contribution >= 4 is 33.4 Å². The minimum atomic E-state index is -0.427. The number of halogens is 1. The summed E-state index contributed by atoms with van der Waals surface area (Å²) in [6.45, 7) is 0. The largest absolute Gasteiger partial charge is 0.493 e. The summed E-state index contributed by atoms with van der Waals surface area (Å²) in [5, 5.41) is 3.76. The molecule has 0 amide bonds. The molecule has 2 aromatic carbocycles. The molecule has 1 fully saturated rings. The molecule has 4 aromatic rings. The van der Waals surface area contributed by atoms with Gasteiger partial charge in [0.15, 0.2) is 11.5 Å². The SMILES string of the molecule is COc1cc(-c2nc3ccc(Br)cn3c2NC2CCCCC2)ccc1OC(=O)c1ccccc1. The van der Waals surface area contributed by atoms with Crippen LogP contribution in [0.5, 0.6) is 11.5 Å². The summed E-state index contributed by atoms with van der Waals surface area (Å²) in [4.78, 5) is 17.5. The molecular weight excluding hydrogens is 494 g/mol. The number of ether oxygens (including phenoxy) is 2. The zero-order valence-corrected chi connectivity index (χ0v) is 20.5. The lowest BCUT2D eigenvalue weighted by Crippen LogP contribution is -2.23. The fraction of sp³-hybridized carbons (Fsp3) is 0.259. The first-order valence-electron chi connectivity index (χ1n) is 11.5. The number of nitrogens with one attached hydrogen (secondary N) is 1. The van der Waals surface area contributed by atoms with Crippen molar-refractivity contribution in [2.45, 2.75) is 38.1 Å². The van der Waals surface area contributed by atoms with Gasteiger partial charge in [-0.05, 0) is 71.2 Å². The first kappa shape index (κ1) is 22.5. The molecule has 1 aliphatic rings. The molecule has 0 spiro atoms. The number of rotatable bonds is 6. The van der Waals surface area contributed by atoms with Crippen LogP contribution in [0.2, 0.25) is 0 Å². The van der Waals surface area contributed by atoms with Crippen molar-refractivity contribution in [3.05, 3.63) is 76.9 Å². The van der Waals surface area contributed by atoms with Crippen molar-refractivity contribution in [1.29, 1.82) is 0 Å². The van der Waals surface area contributed by atoms with Gasteiger partial charge >= 0.3 is 5.97 Å². The zero-order chi connectivity index (χ0) is 23.5. The second-order valence-electron chi connectivity index (χ2n) is 8.48. The standard InChI is InChI=1S/C27H26BrN3O3/c1-33-23-16-19(12-14-22(23)34-27(32)18-8-4-2-5-9-18)25-26(29-21-10-6-3-7-11-21)31-17-20(28)13-15-24(31)30-25/h2,4-5,8-9,12-17,21,29H,3,6-7,10-11H2,1H3. The summed E-state index contributed by atoms with van der Waals surface area (Å²) in [6, 6.07) is 18.9. The topological polar surface area (TPSA) is 64.9 Å². The van der Waals surface area contributed by atoms with Crippen LogP contribution in [-0.2, 0) is 0 Å². The number of imidazole rings is 1. The number of nitrogens with zero attached hydrogens (tertiary/aromatic N) is 2. The maximum atomic E-state index is 12.6. The van der Waals surface area contributed by atoms with Gasteiger partial charge < -0.3 is 14.8 Å². The Labute approximate surface area is 207 Å². The average molecular weight is 520 g/mol. The molecule has 0 radical (unpaired) electrons. The number of aromatic nitrogens is 2. The summed E-state index contributed by atoms with van der Waals surface area (Å²) in [5.41, 5.74) is 3.06. The predicted octanol–water partition coefficient (Wildman–Crippen LogP) is 6.74. The normalized spacial score (nSPS) is 14.2. The molecule has 1 N–H and O–H groups in total. The number of hydrogen-bond donors (Lipinski definition) is 1. The van der Waals surface area contributed by atoms with E-state index in [9.17, 15) is 4.79 Å². The third-order valence-corrected chi connectivity index (χ3v) is 6.65. The molecule has 1 saturated carbocycles. The summed E-state index contributed by atoms with van der Waals surface area (Å²) >= 11 is 3.59. The van der Waals surface area contributed by atoms with Gasteiger partial charge in [0.05, 0.1) is 12.7 Å². The van der Waals surface area contributed by atoms with E-state index in [1.54, 1.807) is 37.4 Å². The number of carbonyl (C=O) groups is 1. The summed E-state index contributed by atoms with van der Waals surface area (Å²) < 4.78 is 14.3. The highest BCUT2D eigenvalue weighted by atomic mass is 79.9. The van der Waals surface area contributed by atoms with Crippen molar-refractivity contribution in [1.82, 2.24) is 9.38 Å². The van der Waals surface area contributed by atoms with Crippen LogP contribution >= 0.6 is 15.9 Å². The van der Waals surface area contributed by atoms with Crippen molar-refractivity contribution in [2.24, 2.45) is 0 Å². The number of methoxy groups -OCH3 is 1. The smallest absolute Gasteiger partial charge is 0.343 e. The average Bonchev–Trinajstić information content (AvgIpc) is 3.22. The number of pyridine rings is 1. The second-order valence-corrected chi connectivity index (χ2v) is 9.40. The highest BCUT2D eigenvalue weighted by Crippen LogP contribution is 2.37.